The van der Waals surface area contributed by atoms with Gasteiger partial charge in [0.1, 0.15) is 17.3 Å². The van der Waals surface area contributed by atoms with Crippen LogP contribution in [0.3, 0.4) is 0 Å². The first-order chi connectivity index (χ1) is 44.2. The van der Waals surface area contributed by atoms with E-state index in [1.165, 1.54) is 4.57 Å². The predicted molar refractivity (Wildman–Crippen MR) is 328 cm³/mol. The van der Waals surface area contributed by atoms with Crippen molar-refractivity contribution in [2.75, 3.05) is 0 Å². The lowest BCUT2D eigenvalue weighted by atomic mass is 9.78. The first-order valence-electron chi connectivity index (χ1n) is 33.9. The van der Waals surface area contributed by atoms with Crippen molar-refractivity contribution in [3.8, 4) is 56.6 Å². The Balaban J connectivity index is 1.08. The van der Waals surface area contributed by atoms with Crippen molar-refractivity contribution in [2.45, 2.75) is 79.5 Å². The molecule has 388 valence electrons. The molecule has 4 aromatic heterocycles. The number of hydrogen-bond donors (Lipinski definition) is 0. The first kappa shape index (κ1) is 35.4. The molecule has 0 spiro atoms. The predicted octanol–water partition coefficient (Wildman–Crippen LogP) is 18.6. The maximum atomic E-state index is 9.55. The molecule has 0 radical (unpaired) electrons. The minimum Gasteiger partial charge on any atom is -0.458 e. The van der Waals surface area contributed by atoms with E-state index in [-0.39, 0.29) is 61.7 Å². The Bertz CT molecular complexity index is 5250. The van der Waals surface area contributed by atoms with Crippen LogP contribution >= 0.6 is 0 Å². The Morgan fingerprint density at radius 2 is 1.16 bits per heavy atom. The first-order valence-corrected chi connectivity index (χ1v) is 26.4. The summed E-state index contributed by atoms with van der Waals surface area (Å²) in [7, 11) is 0. The zero-order valence-electron chi connectivity index (χ0n) is 60.4. The molecule has 0 N–H and O–H groups in total. The summed E-state index contributed by atoms with van der Waals surface area (Å²) >= 11 is 0. The average Bonchev–Trinajstić information content (AvgIpc) is 1.54. The van der Waals surface area contributed by atoms with Crippen molar-refractivity contribution in [2.24, 2.45) is 5.41 Å². The van der Waals surface area contributed by atoms with Crippen LogP contribution in [-0.2, 0) is 17.2 Å². The quantitative estimate of drug-likeness (QED) is 0.107. The third kappa shape index (κ3) is 8.95. The van der Waals surface area contributed by atoms with Gasteiger partial charge in [0.25, 0.3) is 6.33 Å². The van der Waals surface area contributed by atoms with Gasteiger partial charge in [-0.3, -0.25) is 13.7 Å². The smallest absolute Gasteiger partial charge is 0.269 e. The maximum absolute atomic E-state index is 9.55. The molecular weight excluding hydrogens is 963 g/mol. The molecule has 0 fully saturated rings. The number of fused-ring (bicyclic) bond motifs is 7. The van der Waals surface area contributed by atoms with Gasteiger partial charge in [0, 0.05) is 42.6 Å². The molecule has 13 aromatic rings. The van der Waals surface area contributed by atoms with Gasteiger partial charge < -0.3 is 9.30 Å². The third-order valence-corrected chi connectivity index (χ3v) is 14.4. The highest BCUT2D eigenvalue weighted by atomic mass is 16.5. The summed E-state index contributed by atoms with van der Waals surface area (Å²) in [5.74, 6) is 0.827. The molecule has 0 aliphatic carbocycles. The summed E-state index contributed by atoms with van der Waals surface area (Å²) in [5.41, 5.74) is 6.62. The van der Waals surface area contributed by atoms with Crippen molar-refractivity contribution in [3.63, 3.8) is 0 Å². The van der Waals surface area contributed by atoms with E-state index in [1.807, 2.05) is 113 Å². The minimum absolute atomic E-state index is 0.0188. The van der Waals surface area contributed by atoms with Crippen LogP contribution in [0.5, 0.6) is 11.5 Å². The molecule has 0 atom stereocenters. The summed E-state index contributed by atoms with van der Waals surface area (Å²) in [5, 5.41) is 0.903. The Kier molecular flexibility index (Phi) is 8.46. The molecule has 6 heteroatoms. The number of pyridine rings is 1. The molecule has 9 aromatic carbocycles. The van der Waals surface area contributed by atoms with Gasteiger partial charge in [0.05, 0.1) is 68.0 Å². The third-order valence-electron chi connectivity index (χ3n) is 14.4. The Labute approximate surface area is 484 Å². The van der Waals surface area contributed by atoms with Gasteiger partial charge in [-0.2, -0.15) is 0 Å². The van der Waals surface area contributed by atoms with Gasteiger partial charge in [0.2, 0.25) is 0 Å². The molecule has 13 rings (SSSR count). The van der Waals surface area contributed by atoms with E-state index in [0.717, 1.165) is 22.3 Å². The molecule has 0 saturated carbocycles. The van der Waals surface area contributed by atoms with E-state index in [9.17, 15) is 11.0 Å². The lowest BCUT2D eigenvalue weighted by molar-refractivity contribution is -0.571. The molecule has 0 bridgehead atoms. The standard InChI is InChI=1S/C73H65N5O/c1-71(2,3)46-48-37-38-74-68(39-48)78-63-34-18-15-29-60(63)69-66(77-61-32-16-13-27-58(61)59-28-14-17-33-62(59)77)44-55(45-67(69)78)79-54-26-21-25-53(43-54)75-47-76(65-36-20-19-35-64(65)75)70-56(49-23-11-10-12-24-49)30-22-31-57(70)50-40-51(72(4,5)6)42-52(41-50)73(7,8)9/h10-45H,46H2,1-9H3/i10D,11D,12D,13D,14D,16D,17D,23D,24D,27D,28D,32D,33D,46D2. The number of nitrogens with zero attached hydrogens (tertiary/aromatic N) is 5. The van der Waals surface area contributed by atoms with Gasteiger partial charge in [-0.15, -0.1) is 0 Å². The highest BCUT2D eigenvalue weighted by Crippen LogP contribution is 2.44. The molecule has 0 amide bonds. The van der Waals surface area contributed by atoms with Crippen LogP contribution in [-0.4, -0.2) is 18.7 Å². The second-order valence-corrected chi connectivity index (χ2v) is 23.1. The molecule has 0 unspecified atom stereocenters. The lowest BCUT2D eigenvalue weighted by Gasteiger charge is -2.27. The van der Waals surface area contributed by atoms with Crippen LogP contribution in [0.25, 0.3) is 99.8 Å². The molecule has 0 saturated heterocycles. The monoisotopic (exact) mass is 1040 g/mol. The zero-order valence-corrected chi connectivity index (χ0v) is 45.4. The van der Waals surface area contributed by atoms with E-state index in [4.69, 9.17) is 19.3 Å². The number of hydrogen-bond acceptors (Lipinski definition) is 2. The largest absolute Gasteiger partial charge is 0.458 e. The molecule has 6 nitrogen and oxygen atoms in total. The number of rotatable bonds is 9. The van der Waals surface area contributed by atoms with Gasteiger partial charge in [0.15, 0.2) is 0 Å². The highest BCUT2D eigenvalue weighted by molar-refractivity contribution is 6.16. The van der Waals surface area contributed by atoms with Crippen molar-refractivity contribution in [1.29, 1.82) is 0 Å². The van der Waals surface area contributed by atoms with E-state index < -0.39 is 78.3 Å². The lowest BCUT2D eigenvalue weighted by Crippen LogP contribution is -2.31. The van der Waals surface area contributed by atoms with E-state index in [1.54, 1.807) is 42.6 Å². The SMILES string of the molecule is [2H]c1c([2H])c([2H])c(-c2cccc(-c3cc(C(C)(C)C)cc(C(C)(C)C)c3)c2-[n+]2[c-]n(-c3cccc(Oc4cc(-n5c6c([2H])c([2H])c([2H])c([2H])c6c6c([2H])c([2H])c([2H])c([2H])c65)c5c6ccccc6n(-c6cc(C([2H])([2H])C(C)(C)C)ccn6)c5c4)c3)c3ccccc32)c([2H])c1[2H]. The fraction of sp³-hybridized carbons (Fsp3) is 0.178. The van der Waals surface area contributed by atoms with Crippen LogP contribution in [0.1, 0.15) is 99.6 Å². The summed E-state index contributed by atoms with van der Waals surface area (Å²) < 4.78 is 151. The number of imidazole rings is 1. The van der Waals surface area contributed by atoms with Crippen molar-refractivity contribution in [3.05, 3.63) is 241 Å². The molecule has 0 aliphatic heterocycles. The van der Waals surface area contributed by atoms with E-state index in [2.05, 4.69) is 66.1 Å². The molecule has 0 aliphatic rings. The number of para-hydroxylation sites is 6. The number of ether oxygens (including phenoxy) is 1. The summed E-state index contributed by atoms with van der Waals surface area (Å²) in [6.45, 7) is 18.4. The van der Waals surface area contributed by atoms with Crippen LogP contribution < -0.4 is 9.30 Å². The second kappa shape index (κ2) is 18.9. The topological polar surface area (TPSA) is 40.8 Å². The zero-order chi connectivity index (χ0) is 67.5. The van der Waals surface area contributed by atoms with Gasteiger partial charge in [-0.1, -0.05) is 214 Å². The van der Waals surface area contributed by atoms with Crippen LogP contribution in [0.4, 0.5) is 0 Å². The Morgan fingerprint density at radius 3 is 1.86 bits per heavy atom. The Morgan fingerprint density at radius 1 is 0.532 bits per heavy atom. The van der Waals surface area contributed by atoms with Crippen molar-refractivity contribution < 1.29 is 29.9 Å². The summed E-state index contributed by atoms with van der Waals surface area (Å²) in [6.07, 6.45) is 3.36. The number of benzene rings is 9. The number of aromatic nitrogens is 5. The molecular formula is C73H65N5O. The van der Waals surface area contributed by atoms with Crippen LogP contribution in [0.2, 0.25) is 0 Å². The fourth-order valence-corrected chi connectivity index (χ4v) is 10.7. The van der Waals surface area contributed by atoms with Crippen LogP contribution in [0, 0.1) is 11.7 Å². The van der Waals surface area contributed by atoms with Crippen molar-refractivity contribution >= 4 is 54.6 Å². The normalized spacial score (nSPS) is 15.3. The van der Waals surface area contributed by atoms with Crippen molar-refractivity contribution in [1.82, 2.24) is 18.7 Å². The second-order valence-electron chi connectivity index (χ2n) is 23.1. The van der Waals surface area contributed by atoms with E-state index >= 15 is 0 Å². The van der Waals surface area contributed by atoms with Gasteiger partial charge in [-0.25, -0.2) is 4.98 Å². The summed E-state index contributed by atoms with van der Waals surface area (Å²) in [6, 6.07) is 34.9. The summed E-state index contributed by atoms with van der Waals surface area (Å²) in [4.78, 5) is 4.86. The Hall–Kier alpha value is -9.00. The van der Waals surface area contributed by atoms with Crippen LogP contribution in [0.15, 0.2) is 218 Å². The fourth-order valence-electron chi connectivity index (χ4n) is 10.7. The molecule has 79 heavy (non-hydrogen) atoms. The van der Waals surface area contributed by atoms with E-state index in [0.29, 0.717) is 66.9 Å². The molecule has 4 heterocycles. The minimum atomic E-state index is -1.84. The van der Waals surface area contributed by atoms with Gasteiger partial charge >= 0.3 is 0 Å². The average molecular weight is 1040 g/mol. The highest BCUT2D eigenvalue weighted by Gasteiger charge is 2.26. The maximum Gasteiger partial charge on any atom is 0.269 e. The van der Waals surface area contributed by atoms with Gasteiger partial charge in [-0.05, 0) is 110 Å².